The van der Waals surface area contributed by atoms with Crippen molar-refractivity contribution in [1.29, 1.82) is 0 Å². The molecule has 1 aliphatic heterocycles. The van der Waals surface area contributed by atoms with Crippen LogP contribution in [-0.4, -0.2) is 78.3 Å². The molecule has 0 aliphatic carbocycles. The van der Waals surface area contributed by atoms with Crippen LogP contribution in [0.25, 0.3) is 11.3 Å². The lowest BCUT2D eigenvalue weighted by molar-refractivity contribution is 0.0689. The monoisotopic (exact) mass is 363 g/mol. The molecule has 134 valence electrons. The smallest absolute Gasteiger partial charge is 0.281 e. The van der Waals surface area contributed by atoms with Crippen LogP contribution >= 0.6 is 0 Å². The Morgan fingerprint density at radius 3 is 2.36 bits per heavy atom. The highest BCUT2D eigenvalue weighted by molar-refractivity contribution is 7.86. The van der Waals surface area contributed by atoms with Gasteiger partial charge in [-0.05, 0) is 6.07 Å². The molecule has 0 spiro atoms. The van der Waals surface area contributed by atoms with Crippen LogP contribution in [0.2, 0.25) is 0 Å². The van der Waals surface area contributed by atoms with E-state index in [2.05, 4.69) is 10.2 Å². The van der Waals surface area contributed by atoms with E-state index in [-0.39, 0.29) is 19.0 Å². The van der Waals surface area contributed by atoms with Gasteiger partial charge in [0.25, 0.3) is 16.1 Å². The molecule has 0 saturated carbocycles. The number of aromatic amines is 1. The van der Waals surface area contributed by atoms with Gasteiger partial charge in [0, 0.05) is 45.8 Å². The van der Waals surface area contributed by atoms with Crippen molar-refractivity contribution in [2.24, 2.45) is 0 Å². The lowest BCUT2D eigenvalue weighted by atomic mass is 10.1. The Bertz CT molecular complexity index is 840. The molecule has 0 atom stereocenters. The average molecular weight is 363 g/mol. The molecule has 0 unspecified atom stereocenters. The summed E-state index contributed by atoms with van der Waals surface area (Å²) < 4.78 is 26.8. The van der Waals surface area contributed by atoms with Gasteiger partial charge >= 0.3 is 0 Å². The number of carbonyl (C=O) groups excluding carboxylic acids is 1. The van der Waals surface area contributed by atoms with Crippen LogP contribution in [0, 0.1) is 0 Å². The van der Waals surface area contributed by atoms with Crippen molar-refractivity contribution in [1.82, 2.24) is 23.7 Å². The fourth-order valence-corrected chi connectivity index (χ4v) is 3.80. The average Bonchev–Trinajstić information content (AvgIpc) is 3.12. The highest BCUT2D eigenvalue weighted by atomic mass is 32.2. The zero-order chi connectivity index (χ0) is 18.0. The molecule has 2 aromatic rings. The number of H-pyrrole nitrogens is 1. The molecular weight excluding hydrogens is 342 g/mol. The van der Waals surface area contributed by atoms with Crippen molar-refractivity contribution < 1.29 is 13.2 Å². The van der Waals surface area contributed by atoms with Gasteiger partial charge in [-0.25, -0.2) is 0 Å². The number of amides is 1. The molecule has 0 radical (unpaired) electrons. The Kier molecular flexibility index (Phi) is 4.89. The van der Waals surface area contributed by atoms with E-state index in [1.165, 1.54) is 22.7 Å². The second-order valence-corrected chi connectivity index (χ2v) is 8.16. The number of piperazine rings is 1. The summed E-state index contributed by atoms with van der Waals surface area (Å²) in [5.41, 5.74) is 2.04. The number of rotatable bonds is 4. The van der Waals surface area contributed by atoms with Gasteiger partial charge < -0.3 is 4.90 Å². The molecule has 1 aromatic carbocycles. The SMILES string of the molecule is CN(C)S(=O)(=O)N1CCN(C(=O)c2cc(-c3ccccc3)n[nH]2)CC1. The Morgan fingerprint density at radius 1 is 1.12 bits per heavy atom. The van der Waals surface area contributed by atoms with E-state index in [4.69, 9.17) is 0 Å². The molecule has 1 aromatic heterocycles. The Labute approximate surface area is 147 Å². The third kappa shape index (κ3) is 3.58. The highest BCUT2D eigenvalue weighted by Crippen LogP contribution is 2.18. The molecule has 1 amide bonds. The number of hydrogen-bond acceptors (Lipinski definition) is 4. The van der Waals surface area contributed by atoms with Gasteiger partial charge in [-0.1, -0.05) is 30.3 Å². The largest absolute Gasteiger partial charge is 0.335 e. The Morgan fingerprint density at radius 2 is 1.76 bits per heavy atom. The summed E-state index contributed by atoms with van der Waals surface area (Å²) in [5.74, 6) is -0.170. The van der Waals surface area contributed by atoms with Gasteiger partial charge in [0.05, 0.1) is 5.69 Å². The standard InChI is InChI=1S/C16H21N5O3S/c1-19(2)25(23,24)21-10-8-20(9-11-21)16(22)15-12-14(17-18-15)13-6-4-3-5-7-13/h3-7,12H,8-11H2,1-2H3,(H,17,18). The van der Waals surface area contributed by atoms with Crippen LogP contribution in [0.4, 0.5) is 0 Å². The number of hydrogen-bond donors (Lipinski definition) is 1. The predicted octanol–water partition coefficient (Wildman–Crippen LogP) is 0.641. The van der Waals surface area contributed by atoms with Crippen molar-refractivity contribution in [3.63, 3.8) is 0 Å². The van der Waals surface area contributed by atoms with Gasteiger partial charge in [0.15, 0.2) is 0 Å². The molecule has 1 saturated heterocycles. The van der Waals surface area contributed by atoms with Crippen LogP contribution in [-0.2, 0) is 10.2 Å². The first kappa shape index (κ1) is 17.6. The van der Waals surface area contributed by atoms with E-state index >= 15 is 0 Å². The van der Waals surface area contributed by atoms with Gasteiger partial charge in [0.1, 0.15) is 5.69 Å². The molecule has 0 bridgehead atoms. The lowest BCUT2D eigenvalue weighted by Crippen LogP contribution is -2.53. The van der Waals surface area contributed by atoms with Crippen molar-refractivity contribution in [2.75, 3.05) is 40.3 Å². The van der Waals surface area contributed by atoms with E-state index in [0.717, 1.165) is 5.56 Å². The molecule has 1 N–H and O–H groups in total. The minimum atomic E-state index is -3.44. The number of nitrogens with one attached hydrogen (secondary N) is 1. The summed E-state index contributed by atoms with van der Waals surface area (Å²) in [5, 5.41) is 6.97. The molecule has 1 aliphatic rings. The molecule has 8 nitrogen and oxygen atoms in total. The third-order valence-corrected chi connectivity index (χ3v) is 6.13. The van der Waals surface area contributed by atoms with E-state index in [0.29, 0.717) is 24.5 Å². The van der Waals surface area contributed by atoms with Crippen LogP contribution in [0.15, 0.2) is 36.4 Å². The van der Waals surface area contributed by atoms with E-state index in [9.17, 15) is 13.2 Å². The molecule has 2 heterocycles. The fraction of sp³-hybridized carbons (Fsp3) is 0.375. The first-order chi connectivity index (χ1) is 11.9. The lowest BCUT2D eigenvalue weighted by Gasteiger charge is -2.34. The van der Waals surface area contributed by atoms with Crippen LogP contribution in [0.5, 0.6) is 0 Å². The van der Waals surface area contributed by atoms with Crippen LogP contribution in [0.1, 0.15) is 10.5 Å². The molecule has 1 fully saturated rings. The second kappa shape index (κ2) is 6.95. The van der Waals surface area contributed by atoms with Crippen molar-refractivity contribution in [3.05, 3.63) is 42.1 Å². The van der Waals surface area contributed by atoms with Gasteiger partial charge in [-0.3, -0.25) is 9.89 Å². The maximum absolute atomic E-state index is 12.6. The minimum Gasteiger partial charge on any atom is -0.335 e. The number of nitrogens with zero attached hydrogens (tertiary/aromatic N) is 4. The maximum Gasteiger partial charge on any atom is 0.281 e. The summed E-state index contributed by atoms with van der Waals surface area (Å²) in [6, 6.07) is 11.3. The summed E-state index contributed by atoms with van der Waals surface area (Å²) in [4.78, 5) is 14.3. The Hall–Kier alpha value is -2.23. The normalized spacial score (nSPS) is 16.4. The Balaban J connectivity index is 1.67. The first-order valence-corrected chi connectivity index (χ1v) is 9.37. The minimum absolute atomic E-state index is 0.170. The predicted molar refractivity (Wildman–Crippen MR) is 94.1 cm³/mol. The van der Waals surface area contributed by atoms with Crippen molar-refractivity contribution in [2.45, 2.75) is 0 Å². The van der Waals surface area contributed by atoms with E-state index < -0.39 is 10.2 Å². The summed E-state index contributed by atoms with van der Waals surface area (Å²) >= 11 is 0. The quantitative estimate of drug-likeness (QED) is 0.863. The van der Waals surface area contributed by atoms with Gasteiger partial charge in [-0.2, -0.15) is 22.1 Å². The second-order valence-electron chi connectivity index (χ2n) is 6.01. The molecular formula is C16H21N5O3S. The number of benzene rings is 1. The van der Waals surface area contributed by atoms with E-state index in [1.807, 2.05) is 30.3 Å². The summed E-state index contributed by atoms with van der Waals surface area (Å²) in [6.07, 6.45) is 0. The zero-order valence-electron chi connectivity index (χ0n) is 14.2. The third-order valence-electron chi connectivity index (χ3n) is 4.19. The highest BCUT2D eigenvalue weighted by Gasteiger charge is 2.31. The fourth-order valence-electron chi connectivity index (χ4n) is 2.71. The maximum atomic E-state index is 12.6. The summed E-state index contributed by atoms with van der Waals surface area (Å²) in [6.45, 7) is 1.27. The van der Waals surface area contributed by atoms with Crippen molar-refractivity contribution in [3.8, 4) is 11.3 Å². The molecule has 25 heavy (non-hydrogen) atoms. The zero-order valence-corrected chi connectivity index (χ0v) is 15.0. The van der Waals surface area contributed by atoms with E-state index in [1.54, 1.807) is 11.0 Å². The van der Waals surface area contributed by atoms with Crippen LogP contribution in [0.3, 0.4) is 0 Å². The van der Waals surface area contributed by atoms with Crippen molar-refractivity contribution >= 4 is 16.1 Å². The summed E-state index contributed by atoms with van der Waals surface area (Å²) in [7, 11) is -0.432. The van der Waals surface area contributed by atoms with Gasteiger partial charge in [-0.15, -0.1) is 0 Å². The molecule has 9 heteroatoms. The number of aromatic nitrogens is 2. The number of carbonyl (C=O) groups is 1. The first-order valence-electron chi connectivity index (χ1n) is 7.97. The molecule has 3 rings (SSSR count). The van der Waals surface area contributed by atoms with Gasteiger partial charge in [0.2, 0.25) is 0 Å². The topological polar surface area (TPSA) is 89.6 Å². The van der Waals surface area contributed by atoms with Crippen LogP contribution < -0.4 is 0 Å².